The number of rotatable bonds is 4. The van der Waals surface area contributed by atoms with Crippen LogP contribution in [0, 0.1) is 6.92 Å². The van der Waals surface area contributed by atoms with E-state index in [1.165, 1.54) is 12.0 Å². The van der Waals surface area contributed by atoms with Gasteiger partial charge in [-0.2, -0.15) is 5.10 Å². The van der Waals surface area contributed by atoms with Crippen molar-refractivity contribution in [3.8, 4) is 5.69 Å². The van der Waals surface area contributed by atoms with Crippen LogP contribution >= 0.6 is 15.9 Å². The number of aromatic nitrogens is 2. The molecule has 0 spiro atoms. The summed E-state index contributed by atoms with van der Waals surface area (Å²) < 4.78 is 2.87. The van der Waals surface area contributed by atoms with Crippen molar-refractivity contribution >= 4 is 21.7 Å². The highest BCUT2D eigenvalue weighted by Gasteiger charge is 2.07. The molecule has 0 unspecified atom stereocenters. The third-order valence-electron chi connectivity index (χ3n) is 2.97. The van der Waals surface area contributed by atoms with Crippen molar-refractivity contribution < 1.29 is 0 Å². The first-order chi connectivity index (χ1) is 8.61. The average molecular weight is 308 g/mol. The van der Waals surface area contributed by atoms with Crippen molar-refractivity contribution in [2.24, 2.45) is 0 Å². The van der Waals surface area contributed by atoms with E-state index >= 15 is 0 Å². The fourth-order valence-corrected chi connectivity index (χ4v) is 2.21. The van der Waals surface area contributed by atoms with E-state index in [4.69, 9.17) is 5.73 Å². The number of nitrogens with zero attached hydrogens (tertiary/aromatic N) is 2. The molecule has 0 amide bonds. The van der Waals surface area contributed by atoms with Crippen molar-refractivity contribution in [1.29, 1.82) is 0 Å². The lowest BCUT2D eigenvalue weighted by Crippen LogP contribution is -2.02. The van der Waals surface area contributed by atoms with Gasteiger partial charge in [-0.25, -0.2) is 4.68 Å². The van der Waals surface area contributed by atoms with Gasteiger partial charge in [-0.15, -0.1) is 0 Å². The number of unbranched alkanes of at least 4 members (excludes halogenated alkanes) is 1. The molecule has 2 rings (SSSR count). The van der Waals surface area contributed by atoms with Crippen LogP contribution in [0.4, 0.5) is 5.82 Å². The SMILES string of the molecule is CCCCc1cc(N)n(-c2ccc(C)c(Br)c2)n1. The van der Waals surface area contributed by atoms with E-state index in [0.29, 0.717) is 5.82 Å². The number of hydrogen-bond acceptors (Lipinski definition) is 2. The lowest BCUT2D eigenvalue weighted by Gasteiger charge is -2.06. The quantitative estimate of drug-likeness (QED) is 0.932. The van der Waals surface area contributed by atoms with Crippen LogP contribution < -0.4 is 5.73 Å². The van der Waals surface area contributed by atoms with Gasteiger partial charge in [-0.3, -0.25) is 0 Å². The Morgan fingerprint density at radius 1 is 1.33 bits per heavy atom. The Morgan fingerprint density at radius 2 is 2.11 bits per heavy atom. The highest BCUT2D eigenvalue weighted by Crippen LogP contribution is 2.22. The molecule has 3 nitrogen and oxygen atoms in total. The smallest absolute Gasteiger partial charge is 0.127 e. The Bertz CT molecular complexity index is 546. The molecule has 4 heteroatoms. The maximum Gasteiger partial charge on any atom is 0.127 e. The molecule has 1 aromatic heterocycles. The van der Waals surface area contributed by atoms with Crippen LogP contribution in [0.15, 0.2) is 28.7 Å². The zero-order valence-corrected chi connectivity index (χ0v) is 12.4. The lowest BCUT2D eigenvalue weighted by atomic mass is 10.2. The molecule has 0 fully saturated rings. The summed E-state index contributed by atoms with van der Waals surface area (Å²) in [5.41, 5.74) is 9.28. The first-order valence-electron chi connectivity index (χ1n) is 6.22. The number of aryl methyl sites for hydroxylation is 2. The first-order valence-corrected chi connectivity index (χ1v) is 7.02. The summed E-state index contributed by atoms with van der Waals surface area (Å²) in [4.78, 5) is 0. The van der Waals surface area contributed by atoms with Gasteiger partial charge in [0.25, 0.3) is 0 Å². The molecule has 18 heavy (non-hydrogen) atoms. The molecule has 0 saturated heterocycles. The fraction of sp³-hybridized carbons (Fsp3) is 0.357. The van der Waals surface area contributed by atoms with E-state index in [0.717, 1.165) is 28.7 Å². The molecule has 96 valence electrons. The van der Waals surface area contributed by atoms with Crippen molar-refractivity contribution in [2.75, 3.05) is 5.73 Å². The van der Waals surface area contributed by atoms with E-state index < -0.39 is 0 Å². The number of hydrogen-bond donors (Lipinski definition) is 1. The number of anilines is 1. The minimum atomic E-state index is 0.692. The van der Waals surface area contributed by atoms with Gasteiger partial charge in [0.05, 0.1) is 11.4 Å². The van der Waals surface area contributed by atoms with Gasteiger partial charge in [-0.05, 0) is 37.5 Å². The van der Waals surface area contributed by atoms with E-state index in [9.17, 15) is 0 Å². The van der Waals surface area contributed by atoms with Crippen LogP contribution in [-0.4, -0.2) is 9.78 Å². The average Bonchev–Trinajstić information content (AvgIpc) is 2.71. The molecular formula is C14H18BrN3. The molecule has 0 aliphatic carbocycles. The number of nitrogens with two attached hydrogens (primary N) is 1. The zero-order valence-electron chi connectivity index (χ0n) is 10.8. The van der Waals surface area contributed by atoms with Gasteiger partial charge in [0.1, 0.15) is 5.82 Å². The molecular weight excluding hydrogens is 290 g/mol. The van der Waals surface area contributed by atoms with Crippen LogP contribution in [0.3, 0.4) is 0 Å². The Balaban J connectivity index is 2.32. The molecule has 0 saturated carbocycles. The zero-order chi connectivity index (χ0) is 13.1. The van der Waals surface area contributed by atoms with Crippen molar-refractivity contribution in [2.45, 2.75) is 33.1 Å². The van der Waals surface area contributed by atoms with Crippen LogP contribution in [0.2, 0.25) is 0 Å². The van der Waals surface area contributed by atoms with Crippen LogP contribution in [0.5, 0.6) is 0 Å². The second-order valence-electron chi connectivity index (χ2n) is 4.51. The van der Waals surface area contributed by atoms with Crippen LogP contribution in [-0.2, 0) is 6.42 Å². The monoisotopic (exact) mass is 307 g/mol. The van der Waals surface area contributed by atoms with Gasteiger partial charge < -0.3 is 5.73 Å². The normalized spacial score (nSPS) is 10.8. The molecule has 2 N–H and O–H groups in total. The topological polar surface area (TPSA) is 43.8 Å². The van der Waals surface area contributed by atoms with E-state index in [2.05, 4.69) is 40.9 Å². The molecule has 2 aromatic rings. The standard InChI is InChI=1S/C14H18BrN3/c1-3-4-5-11-8-14(16)18(17-11)12-7-6-10(2)13(15)9-12/h6-9H,3-5,16H2,1-2H3. The highest BCUT2D eigenvalue weighted by atomic mass is 79.9. The third-order valence-corrected chi connectivity index (χ3v) is 3.83. The maximum absolute atomic E-state index is 6.02. The molecule has 0 aliphatic heterocycles. The predicted molar refractivity (Wildman–Crippen MR) is 79.0 cm³/mol. The summed E-state index contributed by atoms with van der Waals surface area (Å²) in [6.45, 7) is 4.24. The minimum Gasteiger partial charge on any atom is -0.384 e. The molecule has 0 atom stereocenters. The molecule has 0 bridgehead atoms. The highest BCUT2D eigenvalue weighted by molar-refractivity contribution is 9.10. The summed E-state index contributed by atoms with van der Waals surface area (Å²) in [6.07, 6.45) is 3.30. The van der Waals surface area contributed by atoms with Crippen molar-refractivity contribution in [3.05, 3.63) is 40.0 Å². The lowest BCUT2D eigenvalue weighted by molar-refractivity contribution is 0.753. The summed E-state index contributed by atoms with van der Waals surface area (Å²) in [5, 5.41) is 4.56. The maximum atomic E-state index is 6.02. The van der Waals surface area contributed by atoms with Gasteiger partial charge in [0, 0.05) is 10.5 Å². The van der Waals surface area contributed by atoms with Gasteiger partial charge >= 0.3 is 0 Å². The number of benzene rings is 1. The second-order valence-corrected chi connectivity index (χ2v) is 5.36. The Labute approximate surface area is 116 Å². The van der Waals surface area contributed by atoms with E-state index in [1.807, 2.05) is 18.2 Å². The van der Waals surface area contributed by atoms with Crippen molar-refractivity contribution in [3.63, 3.8) is 0 Å². The van der Waals surface area contributed by atoms with E-state index in [1.54, 1.807) is 4.68 Å². The Morgan fingerprint density at radius 3 is 2.78 bits per heavy atom. The molecule has 1 heterocycles. The van der Waals surface area contributed by atoms with Gasteiger partial charge in [0.15, 0.2) is 0 Å². The van der Waals surface area contributed by atoms with Crippen LogP contribution in [0.1, 0.15) is 31.0 Å². The first kappa shape index (κ1) is 13.1. The third kappa shape index (κ3) is 2.75. The molecule has 0 aliphatic rings. The summed E-state index contributed by atoms with van der Waals surface area (Å²) in [6, 6.07) is 8.10. The Hall–Kier alpha value is -1.29. The summed E-state index contributed by atoms with van der Waals surface area (Å²) in [7, 11) is 0. The predicted octanol–water partition coefficient (Wildman–Crippen LogP) is 3.87. The van der Waals surface area contributed by atoms with Crippen LogP contribution in [0.25, 0.3) is 5.69 Å². The fourth-order valence-electron chi connectivity index (χ4n) is 1.85. The van der Waals surface area contributed by atoms with Gasteiger partial charge in [-0.1, -0.05) is 35.3 Å². The summed E-state index contributed by atoms with van der Waals surface area (Å²) >= 11 is 3.53. The molecule has 1 aromatic carbocycles. The summed E-state index contributed by atoms with van der Waals surface area (Å²) in [5.74, 6) is 0.692. The van der Waals surface area contributed by atoms with Gasteiger partial charge in [0.2, 0.25) is 0 Å². The second kappa shape index (κ2) is 5.57. The minimum absolute atomic E-state index is 0.692. The van der Waals surface area contributed by atoms with Crippen molar-refractivity contribution in [1.82, 2.24) is 9.78 Å². The number of halogens is 1. The number of nitrogen functional groups attached to an aromatic ring is 1. The Kier molecular flexibility index (Phi) is 4.07. The molecule has 0 radical (unpaired) electrons. The largest absolute Gasteiger partial charge is 0.384 e. The van der Waals surface area contributed by atoms with E-state index in [-0.39, 0.29) is 0 Å².